The van der Waals surface area contributed by atoms with Crippen LogP contribution in [-0.4, -0.2) is 56.4 Å². The number of benzene rings is 1. The molecule has 0 aliphatic carbocycles. The molecular weight excluding hydrogens is 352 g/mol. The molecule has 0 N–H and O–H groups in total. The van der Waals surface area contributed by atoms with E-state index in [0.29, 0.717) is 5.75 Å². The molecule has 1 aliphatic heterocycles. The Morgan fingerprint density at radius 1 is 1.12 bits per heavy atom. The SMILES string of the molecule is Cc1ccc(CN2CCN(C(=O)CSCc3nsnc3C)CC2)cc1. The van der Waals surface area contributed by atoms with E-state index >= 15 is 0 Å². The predicted octanol–water partition coefficient (Wildman–Crippen LogP) is 2.73. The van der Waals surface area contributed by atoms with Gasteiger partial charge in [-0.1, -0.05) is 29.8 Å². The summed E-state index contributed by atoms with van der Waals surface area (Å²) < 4.78 is 8.43. The summed E-state index contributed by atoms with van der Waals surface area (Å²) in [7, 11) is 0. The first-order chi connectivity index (χ1) is 12.1. The normalized spacial score (nSPS) is 15.5. The number of carbonyl (C=O) groups is 1. The van der Waals surface area contributed by atoms with Crippen molar-refractivity contribution in [2.24, 2.45) is 0 Å². The van der Waals surface area contributed by atoms with Crippen molar-refractivity contribution >= 4 is 29.4 Å². The molecule has 0 bridgehead atoms. The molecule has 0 saturated carbocycles. The molecule has 1 aliphatic rings. The van der Waals surface area contributed by atoms with Gasteiger partial charge in [0.1, 0.15) is 0 Å². The Bertz CT molecular complexity index is 693. The summed E-state index contributed by atoms with van der Waals surface area (Å²) in [6, 6.07) is 8.70. The second kappa shape index (κ2) is 8.78. The Morgan fingerprint density at radius 3 is 2.48 bits per heavy atom. The smallest absolute Gasteiger partial charge is 0.232 e. The van der Waals surface area contributed by atoms with Gasteiger partial charge < -0.3 is 4.90 Å². The minimum Gasteiger partial charge on any atom is -0.339 e. The number of piperazine rings is 1. The molecule has 1 saturated heterocycles. The lowest BCUT2D eigenvalue weighted by Crippen LogP contribution is -2.48. The first-order valence-electron chi connectivity index (χ1n) is 8.53. The summed E-state index contributed by atoms with van der Waals surface area (Å²) >= 11 is 2.87. The van der Waals surface area contributed by atoms with Gasteiger partial charge in [-0.3, -0.25) is 9.69 Å². The van der Waals surface area contributed by atoms with Gasteiger partial charge in [0.2, 0.25) is 5.91 Å². The maximum atomic E-state index is 12.4. The zero-order valence-corrected chi connectivity index (χ0v) is 16.4. The highest BCUT2D eigenvalue weighted by Gasteiger charge is 2.21. The van der Waals surface area contributed by atoms with Crippen molar-refractivity contribution < 1.29 is 4.79 Å². The van der Waals surface area contributed by atoms with E-state index in [0.717, 1.165) is 49.9 Å². The number of aryl methyl sites for hydroxylation is 2. The Labute approximate surface area is 157 Å². The van der Waals surface area contributed by atoms with Crippen LogP contribution in [0.2, 0.25) is 0 Å². The van der Waals surface area contributed by atoms with E-state index < -0.39 is 0 Å². The summed E-state index contributed by atoms with van der Waals surface area (Å²) in [4.78, 5) is 16.8. The molecule has 25 heavy (non-hydrogen) atoms. The molecular formula is C18H24N4OS2. The lowest BCUT2D eigenvalue weighted by molar-refractivity contribution is -0.130. The Balaban J connectivity index is 1.38. The van der Waals surface area contributed by atoms with Crippen molar-refractivity contribution in [1.82, 2.24) is 18.5 Å². The van der Waals surface area contributed by atoms with Crippen LogP contribution in [-0.2, 0) is 17.1 Å². The maximum absolute atomic E-state index is 12.4. The third kappa shape index (κ3) is 5.26. The van der Waals surface area contributed by atoms with Crippen LogP contribution in [0.1, 0.15) is 22.5 Å². The van der Waals surface area contributed by atoms with Gasteiger partial charge >= 0.3 is 0 Å². The van der Waals surface area contributed by atoms with Crippen molar-refractivity contribution in [2.45, 2.75) is 26.1 Å². The molecule has 1 aromatic carbocycles. The number of nitrogens with zero attached hydrogens (tertiary/aromatic N) is 4. The minimum atomic E-state index is 0.237. The Kier molecular flexibility index (Phi) is 6.45. The van der Waals surface area contributed by atoms with E-state index in [9.17, 15) is 4.79 Å². The standard InChI is InChI=1S/C18H24N4OS2/c1-14-3-5-16(6-4-14)11-21-7-9-22(10-8-21)18(23)13-24-12-17-15(2)19-25-20-17/h3-6H,7-13H2,1-2H3. The number of hydrogen-bond acceptors (Lipinski definition) is 6. The molecule has 0 atom stereocenters. The summed E-state index contributed by atoms with van der Waals surface area (Å²) in [6.07, 6.45) is 0. The lowest BCUT2D eigenvalue weighted by atomic mass is 10.1. The molecule has 0 unspecified atom stereocenters. The fourth-order valence-corrected chi connectivity index (χ4v) is 4.39. The molecule has 1 fully saturated rings. The summed E-state index contributed by atoms with van der Waals surface area (Å²) in [5.41, 5.74) is 4.62. The molecule has 1 amide bonds. The third-order valence-electron chi connectivity index (χ3n) is 4.46. The van der Waals surface area contributed by atoms with Crippen LogP contribution in [0.25, 0.3) is 0 Å². The van der Waals surface area contributed by atoms with Gasteiger partial charge in [0.25, 0.3) is 0 Å². The van der Waals surface area contributed by atoms with Gasteiger partial charge in [0.15, 0.2) is 0 Å². The fraction of sp³-hybridized carbons (Fsp3) is 0.500. The van der Waals surface area contributed by atoms with Crippen molar-refractivity contribution in [2.75, 3.05) is 31.9 Å². The van der Waals surface area contributed by atoms with E-state index in [-0.39, 0.29) is 5.91 Å². The molecule has 3 rings (SSSR count). The highest BCUT2D eigenvalue weighted by Crippen LogP contribution is 2.16. The first-order valence-corrected chi connectivity index (χ1v) is 10.4. The van der Waals surface area contributed by atoms with E-state index in [4.69, 9.17) is 0 Å². The average Bonchev–Trinajstić information content (AvgIpc) is 3.02. The summed E-state index contributed by atoms with van der Waals surface area (Å²) in [5, 5.41) is 0. The largest absolute Gasteiger partial charge is 0.339 e. The number of hydrogen-bond donors (Lipinski definition) is 0. The number of aromatic nitrogens is 2. The predicted molar refractivity (Wildman–Crippen MR) is 104 cm³/mol. The second-order valence-corrected chi connectivity index (χ2v) is 7.95. The van der Waals surface area contributed by atoms with Gasteiger partial charge in [0.05, 0.1) is 28.9 Å². The van der Waals surface area contributed by atoms with E-state index in [2.05, 4.69) is 44.8 Å². The van der Waals surface area contributed by atoms with E-state index in [1.54, 1.807) is 11.8 Å². The zero-order valence-electron chi connectivity index (χ0n) is 14.8. The average molecular weight is 377 g/mol. The van der Waals surface area contributed by atoms with E-state index in [1.807, 2.05) is 11.8 Å². The Hall–Kier alpha value is -1.44. The molecule has 1 aromatic heterocycles. The van der Waals surface area contributed by atoms with E-state index in [1.165, 1.54) is 22.9 Å². The van der Waals surface area contributed by atoms with Crippen LogP contribution in [0.3, 0.4) is 0 Å². The molecule has 0 radical (unpaired) electrons. The van der Waals surface area contributed by atoms with Gasteiger partial charge in [-0.05, 0) is 19.4 Å². The topological polar surface area (TPSA) is 49.3 Å². The molecule has 2 heterocycles. The molecule has 134 valence electrons. The van der Waals surface area contributed by atoms with Gasteiger partial charge in [-0.25, -0.2) is 0 Å². The minimum absolute atomic E-state index is 0.237. The number of thioether (sulfide) groups is 1. The highest BCUT2D eigenvalue weighted by molar-refractivity contribution is 7.99. The number of rotatable bonds is 6. The van der Waals surface area contributed by atoms with Gasteiger partial charge in [-0.2, -0.15) is 8.75 Å². The molecule has 0 spiro atoms. The summed E-state index contributed by atoms with van der Waals surface area (Å²) in [5.74, 6) is 1.52. The molecule has 7 heteroatoms. The zero-order chi connectivity index (χ0) is 17.6. The molecule has 5 nitrogen and oxygen atoms in total. The quantitative estimate of drug-likeness (QED) is 0.776. The lowest BCUT2D eigenvalue weighted by Gasteiger charge is -2.34. The van der Waals surface area contributed by atoms with Crippen LogP contribution in [0.5, 0.6) is 0 Å². The van der Waals surface area contributed by atoms with Crippen LogP contribution in [0.4, 0.5) is 0 Å². The highest BCUT2D eigenvalue weighted by atomic mass is 32.2. The van der Waals surface area contributed by atoms with Crippen molar-refractivity contribution in [3.05, 3.63) is 46.8 Å². The van der Waals surface area contributed by atoms with Crippen molar-refractivity contribution in [3.63, 3.8) is 0 Å². The number of amides is 1. The maximum Gasteiger partial charge on any atom is 0.232 e. The van der Waals surface area contributed by atoms with Crippen molar-refractivity contribution in [3.8, 4) is 0 Å². The third-order valence-corrected chi connectivity index (χ3v) is 6.05. The molecule has 2 aromatic rings. The first kappa shape index (κ1) is 18.4. The van der Waals surface area contributed by atoms with Gasteiger partial charge in [-0.15, -0.1) is 11.8 Å². The van der Waals surface area contributed by atoms with Crippen LogP contribution in [0, 0.1) is 13.8 Å². The second-order valence-electron chi connectivity index (χ2n) is 6.43. The van der Waals surface area contributed by atoms with Crippen LogP contribution in [0.15, 0.2) is 24.3 Å². The summed E-state index contributed by atoms with van der Waals surface area (Å²) in [6.45, 7) is 8.57. The van der Waals surface area contributed by atoms with Crippen molar-refractivity contribution in [1.29, 1.82) is 0 Å². The van der Waals surface area contributed by atoms with Gasteiger partial charge in [0, 0.05) is 38.5 Å². The Morgan fingerprint density at radius 2 is 1.84 bits per heavy atom. The van der Waals surface area contributed by atoms with Crippen LogP contribution >= 0.6 is 23.5 Å². The monoisotopic (exact) mass is 376 g/mol. The fourth-order valence-electron chi connectivity index (χ4n) is 2.81. The number of carbonyl (C=O) groups excluding carboxylic acids is 1. The van der Waals surface area contributed by atoms with Crippen LogP contribution < -0.4 is 0 Å².